The highest BCUT2D eigenvalue weighted by atomic mass is 16.5. The Bertz CT molecular complexity index is 820. The molecule has 28 heavy (non-hydrogen) atoms. The van der Waals surface area contributed by atoms with Gasteiger partial charge in [0.15, 0.2) is 0 Å². The van der Waals surface area contributed by atoms with Crippen LogP contribution in [-0.2, 0) is 16.0 Å². The summed E-state index contributed by atoms with van der Waals surface area (Å²) in [6.45, 7) is 2.58. The summed E-state index contributed by atoms with van der Waals surface area (Å²) in [5.41, 5.74) is 2.03. The van der Waals surface area contributed by atoms with Gasteiger partial charge < -0.3 is 20.1 Å². The normalized spacial score (nSPS) is 16.3. The molecule has 2 aromatic carbocycles. The summed E-state index contributed by atoms with van der Waals surface area (Å²) >= 11 is 0. The molecule has 1 heterocycles. The molecule has 0 fully saturated rings. The van der Waals surface area contributed by atoms with Crippen LogP contribution in [0, 0.1) is 5.92 Å². The second-order valence-corrected chi connectivity index (χ2v) is 7.02. The van der Waals surface area contributed by atoms with Crippen LogP contribution in [0.2, 0.25) is 0 Å². The van der Waals surface area contributed by atoms with Gasteiger partial charge in [0.2, 0.25) is 11.8 Å². The van der Waals surface area contributed by atoms with Crippen molar-refractivity contribution in [1.82, 2.24) is 10.6 Å². The Hall–Kier alpha value is -3.02. The molecule has 6 nitrogen and oxygen atoms in total. The fourth-order valence-corrected chi connectivity index (χ4v) is 3.37. The quantitative estimate of drug-likeness (QED) is 0.772. The third kappa shape index (κ3) is 5.25. The molecular weight excluding hydrogens is 356 g/mol. The van der Waals surface area contributed by atoms with E-state index in [2.05, 4.69) is 16.7 Å². The third-order valence-corrected chi connectivity index (χ3v) is 4.83. The second kappa shape index (κ2) is 9.26. The summed E-state index contributed by atoms with van der Waals surface area (Å²) in [6.07, 6.45) is 1.06. The lowest BCUT2D eigenvalue weighted by Crippen LogP contribution is -2.37. The van der Waals surface area contributed by atoms with Gasteiger partial charge in [0.05, 0.1) is 26.2 Å². The number of nitrogens with one attached hydrogen (secondary N) is 2. The van der Waals surface area contributed by atoms with Crippen molar-refractivity contribution in [3.05, 3.63) is 59.7 Å². The number of para-hydroxylation sites is 1. The van der Waals surface area contributed by atoms with Crippen molar-refractivity contribution < 1.29 is 19.1 Å². The van der Waals surface area contributed by atoms with Gasteiger partial charge in [-0.3, -0.25) is 9.59 Å². The molecule has 2 atom stereocenters. The third-order valence-electron chi connectivity index (χ3n) is 4.83. The number of hydrogen-bond acceptors (Lipinski definition) is 4. The first-order chi connectivity index (χ1) is 13.5. The number of benzene rings is 2. The highest BCUT2D eigenvalue weighted by molar-refractivity contribution is 5.79. The van der Waals surface area contributed by atoms with E-state index in [1.807, 2.05) is 42.5 Å². The van der Waals surface area contributed by atoms with Gasteiger partial charge in [-0.2, -0.15) is 0 Å². The fourth-order valence-electron chi connectivity index (χ4n) is 3.37. The zero-order valence-electron chi connectivity index (χ0n) is 16.2. The van der Waals surface area contributed by atoms with Gasteiger partial charge in [-0.1, -0.05) is 30.3 Å². The predicted molar refractivity (Wildman–Crippen MR) is 106 cm³/mol. The Morgan fingerprint density at radius 1 is 1.18 bits per heavy atom. The number of rotatable bonds is 7. The van der Waals surface area contributed by atoms with E-state index in [0.29, 0.717) is 13.2 Å². The van der Waals surface area contributed by atoms with Crippen LogP contribution in [0.4, 0.5) is 0 Å². The largest absolute Gasteiger partial charge is 0.497 e. The lowest BCUT2D eigenvalue weighted by molar-refractivity contribution is -0.123. The topological polar surface area (TPSA) is 76.7 Å². The summed E-state index contributed by atoms with van der Waals surface area (Å²) < 4.78 is 10.9. The summed E-state index contributed by atoms with van der Waals surface area (Å²) in [5.74, 6) is 1.61. The van der Waals surface area contributed by atoms with E-state index in [1.54, 1.807) is 7.11 Å². The zero-order chi connectivity index (χ0) is 19.9. The van der Waals surface area contributed by atoms with E-state index in [0.717, 1.165) is 23.5 Å². The van der Waals surface area contributed by atoms with Crippen molar-refractivity contribution in [1.29, 1.82) is 0 Å². The molecule has 148 valence electrons. The lowest BCUT2D eigenvalue weighted by atomic mass is 9.96. The number of carbonyl (C=O) groups excluding carboxylic acids is 2. The van der Waals surface area contributed by atoms with Crippen LogP contribution in [0.25, 0.3) is 0 Å². The molecule has 2 aromatic rings. The molecule has 3 rings (SSSR count). The highest BCUT2D eigenvalue weighted by Crippen LogP contribution is 2.26. The molecule has 0 saturated carbocycles. The van der Waals surface area contributed by atoms with Crippen LogP contribution in [0.3, 0.4) is 0 Å². The number of methoxy groups -OCH3 is 1. The van der Waals surface area contributed by atoms with Gasteiger partial charge in [0.25, 0.3) is 0 Å². The first kappa shape index (κ1) is 19.7. The molecule has 0 aliphatic carbocycles. The smallest absolute Gasteiger partial charge is 0.222 e. The Kier molecular flexibility index (Phi) is 6.53. The number of hydrogen-bond donors (Lipinski definition) is 2. The molecular formula is C22H26N2O4. The number of ether oxygens (including phenoxy) is 2. The molecule has 6 heteroatoms. The fraction of sp³-hybridized carbons (Fsp3) is 0.364. The van der Waals surface area contributed by atoms with Crippen LogP contribution in [-0.4, -0.2) is 32.1 Å². The van der Waals surface area contributed by atoms with Gasteiger partial charge in [-0.05, 0) is 35.7 Å². The Morgan fingerprint density at radius 2 is 1.93 bits per heavy atom. The van der Waals surface area contributed by atoms with Crippen LogP contribution in [0.1, 0.15) is 30.5 Å². The maximum absolute atomic E-state index is 12.5. The van der Waals surface area contributed by atoms with E-state index in [9.17, 15) is 9.59 Å². The number of amides is 2. The zero-order valence-corrected chi connectivity index (χ0v) is 16.2. The molecule has 0 radical (unpaired) electrons. The summed E-state index contributed by atoms with van der Waals surface area (Å²) in [7, 11) is 1.60. The van der Waals surface area contributed by atoms with Crippen LogP contribution >= 0.6 is 0 Å². The minimum absolute atomic E-state index is 0.103. The Labute approximate surface area is 165 Å². The first-order valence-corrected chi connectivity index (χ1v) is 9.43. The van der Waals surface area contributed by atoms with Gasteiger partial charge >= 0.3 is 0 Å². The first-order valence-electron chi connectivity index (χ1n) is 9.43. The van der Waals surface area contributed by atoms with Crippen molar-refractivity contribution in [3.63, 3.8) is 0 Å². The molecule has 0 saturated heterocycles. The second-order valence-electron chi connectivity index (χ2n) is 7.02. The maximum Gasteiger partial charge on any atom is 0.222 e. The van der Waals surface area contributed by atoms with E-state index >= 15 is 0 Å². The minimum Gasteiger partial charge on any atom is -0.497 e. The Morgan fingerprint density at radius 3 is 2.64 bits per heavy atom. The molecule has 2 amide bonds. The van der Waals surface area contributed by atoms with Crippen molar-refractivity contribution in [3.8, 4) is 11.5 Å². The number of carbonyl (C=O) groups is 2. The Balaban J connectivity index is 1.55. The summed E-state index contributed by atoms with van der Waals surface area (Å²) in [4.78, 5) is 24.1. The maximum atomic E-state index is 12.5. The molecule has 0 bridgehead atoms. The average molecular weight is 382 g/mol. The molecule has 1 aliphatic heterocycles. The van der Waals surface area contributed by atoms with E-state index in [1.165, 1.54) is 12.5 Å². The average Bonchev–Trinajstić information content (AvgIpc) is 2.71. The molecule has 1 aliphatic rings. The lowest BCUT2D eigenvalue weighted by Gasteiger charge is -2.26. The standard InChI is InChI=1S/C22H26N2O4/c1-15(25)24-20(17-7-9-19(27-2)10-8-17)12-22(26)23-13-16-11-18-5-3-4-6-21(18)28-14-16/h3-10,16,20H,11-14H2,1-2H3,(H,23,26)(H,24,25). The van der Waals surface area contributed by atoms with Crippen LogP contribution in [0.15, 0.2) is 48.5 Å². The van der Waals surface area contributed by atoms with Gasteiger partial charge in [0, 0.05) is 19.4 Å². The van der Waals surface area contributed by atoms with Gasteiger partial charge in [0.1, 0.15) is 11.5 Å². The number of fused-ring (bicyclic) bond motifs is 1. The molecule has 2 unspecified atom stereocenters. The van der Waals surface area contributed by atoms with E-state index in [-0.39, 0.29) is 30.2 Å². The van der Waals surface area contributed by atoms with Crippen molar-refractivity contribution >= 4 is 11.8 Å². The van der Waals surface area contributed by atoms with Gasteiger partial charge in [-0.15, -0.1) is 0 Å². The molecule has 2 N–H and O–H groups in total. The molecule has 0 aromatic heterocycles. The van der Waals surface area contributed by atoms with Crippen LogP contribution in [0.5, 0.6) is 11.5 Å². The predicted octanol–water partition coefficient (Wildman–Crippen LogP) is 2.63. The minimum atomic E-state index is -0.383. The summed E-state index contributed by atoms with van der Waals surface area (Å²) in [5, 5.41) is 5.83. The summed E-state index contributed by atoms with van der Waals surface area (Å²) in [6, 6.07) is 15.0. The molecule has 0 spiro atoms. The monoisotopic (exact) mass is 382 g/mol. The SMILES string of the molecule is COc1ccc(C(CC(=O)NCC2COc3ccccc3C2)NC(C)=O)cc1. The van der Waals surface area contributed by atoms with E-state index < -0.39 is 0 Å². The van der Waals surface area contributed by atoms with Gasteiger partial charge in [-0.25, -0.2) is 0 Å². The van der Waals surface area contributed by atoms with Crippen molar-refractivity contribution in [2.24, 2.45) is 5.92 Å². The highest BCUT2D eigenvalue weighted by Gasteiger charge is 2.22. The van der Waals surface area contributed by atoms with Crippen molar-refractivity contribution in [2.75, 3.05) is 20.3 Å². The van der Waals surface area contributed by atoms with E-state index in [4.69, 9.17) is 9.47 Å². The van der Waals surface area contributed by atoms with Crippen molar-refractivity contribution in [2.45, 2.75) is 25.8 Å². The van der Waals surface area contributed by atoms with Crippen LogP contribution < -0.4 is 20.1 Å².